The first kappa shape index (κ1) is 20.1. The highest BCUT2D eigenvalue weighted by atomic mass is 32.2. The summed E-state index contributed by atoms with van der Waals surface area (Å²) in [5.41, 5.74) is 2.10. The largest absolute Gasteiger partial charge is 0.481 e. The molecule has 6 nitrogen and oxygen atoms in total. The molecular weight excluding hydrogens is 390 g/mol. The summed E-state index contributed by atoms with van der Waals surface area (Å²) >= 11 is 0. The molecule has 0 heterocycles. The van der Waals surface area contributed by atoms with E-state index in [-0.39, 0.29) is 15.5 Å². The molecule has 3 aromatic rings. The van der Waals surface area contributed by atoms with Crippen LogP contribution in [0.1, 0.15) is 11.1 Å². The quantitative estimate of drug-likeness (QED) is 0.666. The van der Waals surface area contributed by atoms with Crippen LogP contribution in [0.5, 0.6) is 5.75 Å². The van der Waals surface area contributed by atoms with E-state index in [4.69, 9.17) is 9.84 Å². The Morgan fingerprint density at radius 2 is 1.72 bits per heavy atom. The maximum Gasteiger partial charge on any atom is 0.341 e. The molecule has 146 valence electrons. The molecule has 0 aromatic heterocycles. The monoisotopic (exact) mass is 407 g/mol. The Bertz CT molecular complexity index is 1210. The normalized spacial score (nSPS) is 10.9. The van der Waals surface area contributed by atoms with Crippen molar-refractivity contribution in [2.24, 2.45) is 0 Å². The second-order valence-electron chi connectivity index (χ2n) is 6.30. The molecule has 0 aliphatic heterocycles. The van der Waals surface area contributed by atoms with Gasteiger partial charge in [0.2, 0.25) is 9.84 Å². The van der Waals surface area contributed by atoms with Crippen LogP contribution in [-0.2, 0) is 14.6 Å². The minimum Gasteiger partial charge on any atom is -0.481 e. The van der Waals surface area contributed by atoms with E-state index in [1.54, 1.807) is 37.3 Å². The summed E-state index contributed by atoms with van der Waals surface area (Å²) in [5.74, 6) is -0.888. The lowest BCUT2D eigenvalue weighted by Gasteiger charge is -2.14. The number of nitrogens with zero attached hydrogens (tertiary/aromatic N) is 1. The summed E-state index contributed by atoms with van der Waals surface area (Å²) < 4.78 is 31.3. The number of aryl methyl sites for hydroxylation is 1. The number of carbonyl (C=O) groups is 1. The Labute approximate surface area is 168 Å². The third-order valence-electron chi connectivity index (χ3n) is 4.32. The fourth-order valence-corrected chi connectivity index (χ4v) is 4.18. The van der Waals surface area contributed by atoms with Crippen LogP contribution < -0.4 is 4.74 Å². The van der Waals surface area contributed by atoms with E-state index in [0.29, 0.717) is 16.7 Å². The Morgan fingerprint density at radius 1 is 1.00 bits per heavy atom. The van der Waals surface area contributed by atoms with E-state index < -0.39 is 22.4 Å². The van der Waals surface area contributed by atoms with Crippen LogP contribution in [-0.4, -0.2) is 26.1 Å². The van der Waals surface area contributed by atoms with Crippen molar-refractivity contribution in [1.29, 1.82) is 5.26 Å². The molecule has 0 amide bonds. The Kier molecular flexibility index (Phi) is 5.66. The van der Waals surface area contributed by atoms with E-state index in [9.17, 15) is 18.5 Å². The highest BCUT2D eigenvalue weighted by molar-refractivity contribution is 7.91. The van der Waals surface area contributed by atoms with Gasteiger partial charge in [0.1, 0.15) is 5.75 Å². The van der Waals surface area contributed by atoms with Crippen molar-refractivity contribution in [2.45, 2.75) is 16.7 Å². The number of aliphatic carboxylic acids is 1. The average Bonchev–Trinajstić information content (AvgIpc) is 2.73. The number of ether oxygens (including phenoxy) is 1. The number of benzene rings is 3. The van der Waals surface area contributed by atoms with Crippen molar-refractivity contribution in [3.05, 3.63) is 77.9 Å². The number of nitriles is 1. The fraction of sp³-hybridized carbons (Fsp3) is 0.0909. The summed E-state index contributed by atoms with van der Waals surface area (Å²) in [7, 11) is -3.74. The van der Waals surface area contributed by atoms with E-state index in [2.05, 4.69) is 0 Å². The number of hydrogen-bond acceptors (Lipinski definition) is 5. The van der Waals surface area contributed by atoms with Gasteiger partial charge in [-0.3, -0.25) is 0 Å². The summed E-state index contributed by atoms with van der Waals surface area (Å²) in [6, 6.07) is 19.4. The van der Waals surface area contributed by atoms with Gasteiger partial charge in [-0.2, -0.15) is 5.26 Å². The number of sulfone groups is 1. The molecule has 0 fully saturated rings. The van der Waals surface area contributed by atoms with Gasteiger partial charge in [-0.25, -0.2) is 13.2 Å². The van der Waals surface area contributed by atoms with E-state index in [1.165, 1.54) is 36.4 Å². The predicted molar refractivity (Wildman–Crippen MR) is 106 cm³/mol. The lowest BCUT2D eigenvalue weighted by Crippen LogP contribution is -2.10. The molecule has 0 aliphatic rings. The fourth-order valence-electron chi connectivity index (χ4n) is 2.87. The first-order chi connectivity index (χ1) is 13.8. The van der Waals surface area contributed by atoms with Gasteiger partial charge in [0.25, 0.3) is 0 Å². The van der Waals surface area contributed by atoms with Crippen molar-refractivity contribution in [1.82, 2.24) is 0 Å². The first-order valence-corrected chi connectivity index (χ1v) is 10.1. The van der Waals surface area contributed by atoms with Gasteiger partial charge in [0.15, 0.2) is 6.61 Å². The zero-order valence-electron chi connectivity index (χ0n) is 15.5. The highest BCUT2D eigenvalue weighted by Crippen LogP contribution is 2.35. The lowest BCUT2D eigenvalue weighted by atomic mass is 9.98. The van der Waals surface area contributed by atoms with Gasteiger partial charge in [-0.1, -0.05) is 24.3 Å². The second-order valence-corrected chi connectivity index (χ2v) is 8.25. The molecule has 7 heteroatoms. The highest BCUT2D eigenvalue weighted by Gasteiger charge is 2.20. The standard InChI is InChI=1S/C22H17NO5S/c1-15-7-9-18(29(26,27)17-5-3-2-4-6-17)12-19(15)20-11-16(13-23)8-10-21(20)28-14-22(24)25/h2-12H,14H2,1H3,(H,24,25). The Hall–Kier alpha value is -3.63. The molecule has 0 spiro atoms. The van der Waals surface area contributed by atoms with Crippen molar-refractivity contribution in [3.8, 4) is 22.9 Å². The smallest absolute Gasteiger partial charge is 0.341 e. The molecule has 0 saturated carbocycles. The third kappa shape index (κ3) is 4.28. The van der Waals surface area contributed by atoms with Gasteiger partial charge >= 0.3 is 5.97 Å². The lowest BCUT2D eigenvalue weighted by molar-refractivity contribution is -0.139. The number of rotatable bonds is 6. The van der Waals surface area contributed by atoms with Crippen LogP contribution in [0.25, 0.3) is 11.1 Å². The molecule has 29 heavy (non-hydrogen) atoms. The van der Waals surface area contributed by atoms with Gasteiger partial charge in [-0.15, -0.1) is 0 Å². The van der Waals surface area contributed by atoms with Crippen molar-refractivity contribution < 1.29 is 23.1 Å². The number of hydrogen-bond donors (Lipinski definition) is 1. The van der Waals surface area contributed by atoms with Gasteiger partial charge in [-0.05, 0) is 60.5 Å². The molecular formula is C22H17NO5S. The predicted octanol–water partition coefficient (Wildman–Crippen LogP) is 3.83. The molecule has 1 N–H and O–H groups in total. The Morgan fingerprint density at radius 3 is 2.38 bits per heavy atom. The van der Waals surface area contributed by atoms with Gasteiger partial charge in [0.05, 0.1) is 21.4 Å². The summed E-state index contributed by atoms with van der Waals surface area (Å²) in [5, 5.41) is 18.2. The van der Waals surface area contributed by atoms with Crippen molar-refractivity contribution in [3.63, 3.8) is 0 Å². The molecule has 0 unspecified atom stereocenters. The van der Waals surface area contributed by atoms with Crippen LogP contribution in [0, 0.1) is 18.3 Å². The van der Waals surface area contributed by atoms with Crippen LogP contribution >= 0.6 is 0 Å². The summed E-state index contributed by atoms with van der Waals surface area (Å²) in [6.07, 6.45) is 0. The van der Waals surface area contributed by atoms with E-state index in [0.717, 1.165) is 5.56 Å². The molecule has 0 radical (unpaired) electrons. The average molecular weight is 407 g/mol. The van der Waals surface area contributed by atoms with E-state index in [1.807, 2.05) is 6.07 Å². The molecule has 0 atom stereocenters. The minimum absolute atomic E-state index is 0.0934. The van der Waals surface area contributed by atoms with E-state index >= 15 is 0 Å². The molecule has 3 aromatic carbocycles. The zero-order chi connectivity index (χ0) is 21.0. The molecule has 0 bridgehead atoms. The van der Waals surface area contributed by atoms with Crippen LogP contribution in [0.15, 0.2) is 76.5 Å². The summed E-state index contributed by atoms with van der Waals surface area (Å²) in [6.45, 7) is 1.24. The number of carboxylic acids is 1. The van der Waals surface area contributed by atoms with Crippen LogP contribution in [0.3, 0.4) is 0 Å². The maximum absolute atomic E-state index is 13.0. The SMILES string of the molecule is Cc1ccc(S(=O)(=O)c2ccccc2)cc1-c1cc(C#N)ccc1OCC(=O)O. The molecule has 0 aliphatic carbocycles. The number of carboxylic acid groups (broad SMARTS) is 1. The Balaban J connectivity index is 2.16. The minimum atomic E-state index is -3.74. The van der Waals surface area contributed by atoms with Gasteiger partial charge < -0.3 is 9.84 Å². The molecule has 0 saturated heterocycles. The topological polar surface area (TPSA) is 104 Å². The van der Waals surface area contributed by atoms with Gasteiger partial charge in [0, 0.05) is 5.56 Å². The maximum atomic E-state index is 13.0. The molecule has 3 rings (SSSR count). The van der Waals surface area contributed by atoms with Crippen LogP contribution in [0.4, 0.5) is 0 Å². The third-order valence-corrected chi connectivity index (χ3v) is 6.09. The van der Waals surface area contributed by atoms with Crippen molar-refractivity contribution >= 4 is 15.8 Å². The second kappa shape index (κ2) is 8.17. The zero-order valence-corrected chi connectivity index (χ0v) is 16.3. The van der Waals surface area contributed by atoms with Crippen molar-refractivity contribution in [2.75, 3.05) is 6.61 Å². The first-order valence-electron chi connectivity index (χ1n) is 8.63. The van der Waals surface area contributed by atoms with Crippen LogP contribution in [0.2, 0.25) is 0 Å². The summed E-state index contributed by atoms with van der Waals surface area (Å²) in [4.78, 5) is 11.2.